The zero-order valence-electron chi connectivity index (χ0n) is 10.7. The Morgan fingerprint density at radius 2 is 2.15 bits per heavy atom. The van der Waals surface area contributed by atoms with Crippen LogP contribution in [0.4, 0.5) is 5.69 Å². The van der Waals surface area contributed by atoms with E-state index in [0.717, 1.165) is 15.7 Å². The summed E-state index contributed by atoms with van der Waals surface area (Å²) in [6, 6.07) is 5.79. The molecule has 1 aliphatic carbocycles. The lowest BCUT2D eigenvalue weighted by atomic mass is 9.95. The molecule has 0 fully saturated rings. The summed E-state index contributed by atoms with van der Waals surface area (Å²) in [4.78, 5) is 18.5. The smallest absolute Gasteiger partial charge is 0.246 e. The maximum atomic E-state index is 12.7. The van der Waals surface area contributed by atoms with Gasteiger partial charge in [-0.3, -0.25) is 9.69 Å². The largest absolute Gasteiger partial charge is 0.273 e. The summed E-state index contributed by atoms with van der Waals surface area (Å²) in [7, 11) is 0. The number of anilines is 1. The molecule has 0 bridgehead atoms. The molecule has 5 heteroatoms. The van der Waals surface area contributed by atoms with Gasteiger partial charge in [-0.1, -0.05) is 24.3 Å². The van der Waals surface area contributed by atoms with Crippen LogP contribution >= 0.6 is 28.1 Å². The van der Waals surface area contributed by atoms with E-state index in [4.69, 9.17) is 12.2 Å². The fraction of sp³-hybridized carbons (Fsp3) is 0.133. The van der Waals surface area contributed by atoms with Crippen molar-refractivity contribution in [1.29, 1.82) is 0 Å². The lowest BCUT2D eigenvalue weighted by molar-refractivity contribution is -0.118. The predicted molar refractivity (Wildman–Crippen MR) is 88.2 cm³/mol. The predicted octanol–water partition coefficient (Wildman–Crippen LogP) is 3.57. The number of hydrogen-bond acceptors (Lipinski definition) is 2. The van der Waals surface area contributed by atoms with Crippen LogP contribution < -0.4 is 4.90 Å². The highest BCUT2D eigenvalue weighted by atomic mass is 79.9. The molecular weight excluding hydrogens is 336 g/mol. The molecule has 2 aliphatic rings. The number of halogens is 1. The fourth-order valence-electron chi connectivity index (χ4n) is 2.26. The molecule has 100 valence electrons. The van der Waals surface area contributed by atoms with Crippen molar-refractivity contribution < 1.29 is 4.79 Å². The highest BCUT2D eigenvalue weighted by Crippen LogP contribution is 2.32. The van der Waals surface area contributed by atoms with E-state index in [1.165, 1.54) is 4.90 Å². The number of fused-ring (bicyclic) bond motifs is 1. The van der Waals surface area contributed by atoms with Crippen LogP contribution in [0.25, 0.3) is 0 Å². The topological polar surface area (TPSA) is 32.7 Å². The van der Waals surface area contributed by atoms with Gasteiger partial charge in [0.1, 0.15) is 0 Å². The van der Waals surface area contributed by atoms with Gasteiger partial charge in [0.05, 0.1) is 17.3 Å². The van der Waals surface area contributed by atoms with E-state index in [2.05, 4.69) is 20.9 Å². The molecule has 20 heavy (non-hydrogen) atoms. The second-order valence-electron chi connectivity index (χ2n) is 4.67. The van der Waals surface area contributed by atoms with Crippen LogP contribution in [0, 0.1) is 12.8 Å². The van der Waals surface area contributed by atoms with Gasteiger partial charge in [0.25, 0.3) is 0 Å². The number of rotatable bonds is 1. The van der Waals surface area contributed by atoms with Crippen molar-refractivity contribution in [2.45, 2.75) is 6.92 Å². The van der Waals surface area contributed by atoms with Gasteiger partial charge < -0.3 is 0 Å². The van der Waals surface area contributed by atoms with Gasteiger partial charge in [0, 0.05) is 4.47 Å². The standard InChI is InChI=1S/C15H11BrN2OS/c1-9-6-7-13(11(16)8-9)18-14(19)10-4-2-3-5-12(10)17-15(18)20/h2-8,10H,1H3. The summed E-state index contributed by atoms with van der Waals surface area (Å²) in [6.07, 6.45) is 7.40. The molecule has 1 unspecified atom stereocenters. The van der Waals surface area contributed by atoms with E-state index < -0.39 is 0 Å². The van der Waals surface area contributed by atoms with Gasteiger partial charge in [0.2, 0.25) is 11.0 Å². The molecule has 3 rings (SSSR count). The van der Waals surface area contributed by atoms with E-state index in [9.17, 15) is 4.79 Å². The molecule has 0 saturated heterocycles. The van der Waals surface area contributed by atoms with Crippen molar-refractivity contribution in [3.05, 3.63) is 52.5 Å². The molecule has 1 atom stereocenters. The highest BCUT2D eigenvalue weighted by Gasteiger charge is 2.35. The molecule has 0 radical (unpaired) electrons. The third-order valence-corrected chi connectivity index (χ3v) is 4.16. The van der Waals surface area contributed by atoms with Crippen LogP contribution in [0.5, 0.6) is 0 Å². The van der Waals surface area contributed by atoms with Crippen LogP contribution in [0.15, 0.2) is 52.0 Å². The fourth-order valence-corrected chi connectivity index (χ4v) is 3.22. The highest BCUT2D eigenvalue weighted by molar-refractivity contribution is 9.10. The third-order valence-electron chi connectivity index (χ3n) is 3.25. The second-order valence-corrected chi connectivity index (χ2v) is 5.89. The van der Waals surface area contributed by atoms with Crippen LogP contribution in [-0.2, 0) is 4.79 Å². The number of carbonyl (C=O) groups excluding carboxylic acids is 1. The van der Waals surface area contributed by atoms with Crippen LogP contribution in [0.2, 0.25) is 0 Å². The van der Waals surface area contributed by atoms with Crippen molar-refractivity contribution in [3.8, 4) is 0 Å². The summed E-state index contributed by atoms with van der Waals surface area (Å²) >= 11 is 8.78. The first-order valence-corrected chi connectivity index (χ1v) is 7.35. The molecule has 1 amide bonds. The second kappa shape index (κ2) is 5.07. The van der Waals surface area contributed by atoms with E-state index >= 15 is 0 Å². The zero-order valence-corrected chi connectivity index (χ0v) is 13.1. The molecule has 1 aromatic carbocycles. The first kappa shape index (κ1) is 13.4. The van der Waals surface area contributed by atoms with Crippen LogP contribution in [0.3, 0.4) is 0 Å². The van der Waals surface area contributed by atoms with E-state index in [1.807, 2.05) is 49.4 Å². The molecule has 1 aromatic rings. The van der Waals surface area contributed by atoms with Gasteiger partial charge >= 0.3 is 0 Å². The van der Waals surface area contributed by atoms with Crippen LogP contribution in [-0.4, -0.2) is 16.7 Å². The number of aryl methyl sites for hydroxylation is 1. The average Bonchev–Trinajstić information content (AvgIpc) is 2.41. The zero-order chi connectivity index (χ0) is 14.3. The SMILES string of the molecule is Cc1ccc(N2C(=O)C3C=CC=CC3=NC2=S)c(Br)c1. The number of amides is 1. The number of hydrogen-bond donors (Lipinski definition) is 0. The molecule has 3 nitrogen and oxygen atoms in total. The lowest BCUT2D eigenvalue weighted by Crippen LogP contribution is -2.46. The number of benzene rings is 1. The Bertz CT molecular complexity index is 706. The molecule has 0 aromatic heterocycles. The number of aliphatic imine (C=N–C) groups is 1. The Hall–Kier alpha value is -1.59. The number of nitrogens with zero attached hydrogens (tertiary/aromatic N) is 2. The van der Waals surface area contributed by atoms with E-state index in [1.54, 1.807) is 0 Å². The van der Waals surface area contributed by atoms with Gasteiger partial charge in [-0.2, -0.15) is 0 Å². The molecule has 0 N–H and O–H groups in total. The summed E-state index contributed by atoms with van der Waals surface area (Å²) < 4.78 is 0.835. The molecule has 1 aliphatic heterocycles. The summed E-state index contributed by atoms with van der Waals surface area (Å²) in [5.74, 6) is -0.412. The van der Waals surface area contributed by atoms with Gasteiger partial charge in [-0.25, -0.2) is 4.99 Å². The minimum atomic E-state index is -0.347. The maximum Gasteiger partial charge on any atom is 0.246 e. The van der Waals surface area contributed by atoms with Crippen molar-refractivity contribution in [2.24, 2.45) is 10.9 Å². The first-order chi connectivity index (χ1) is 9.58. The van der Waals surface area contributed by atoms with Crippen molar-refractivity contribution >= 4 is 50.6 Å². The molecule has 1 heterocycles. The summed E-state index contributed by atoms with van der Waals surface area (Å²) in [5, 5.41) is 0.283. The normalized spacial score (nSPS) is 21.0. The number of thiocarbonyl (C=S) groups is 1. The number of allylic oxidation sites excluding steroid dienone is 3. The van der Waals surface area contributed by atoms with Crippen LogP contribution in [0.1, 0.15) is 5.56 Å². The molecule has 0 spiro atoms. The monoisotopic (exact) mass is 346 g/mol. The Morgan fingerprint density at radius 1 is 1.35 bits per heavy atom. The summed E-state index contributed by atoms with van der Waals surface area (Å²) in [6.45, 7) is 2.00. The first-order valence-electron chi connectivity index (χ1n) is 6.15. The molecule has 0 saturated carbocycles. The van der Waals surface area contributed by atoms with Gasteiger partial charge in [-0.05, 0) is 58.8 Å². The Balaban J connectivity index is 2.08. The van der Waals surface area contributed by atoms with E-state index in [-0.39, 0.29) is 16.9 Å². The minimum Gasteiger partial charge on any atom is -0.273 e. The third kappa shape index (κ3) is 2.17. The Morgan fingerprint density at radius 3 is 2.90 bits per heavy atom. The minimum absolute atomic E-state index is 0.0647. The summed E-state index contributed by atoms with van der Waals surface area (Å²) in [5.41, 5.74) is 2.55. The Labute approximate surface area is 130 Å². The average molecular weight is 347 g/mol. The van der Waals surface area contributed by atoms with Crippen molar-refractivity contribution in [1.82, 2.24) is 0 Å². The van der Waals surface area contributed by atoms with Gasteiger partial charge in [-0.15, -0.1) is 0 Å². The lowest BCUT2D eigenvalue weighted by Gasteiger charge is -2.30. The van der Waals surface area contributed by atoms with Crippen molar-refractivity contribution in [2.75, 3.05) is 4.90 Å². The quantitative estimate of drug-likeness (QED) is 0.728. The Kier molecular flexibility index (Phi) is 3.40. The number of carbonyl (C=O) groups is 1. The van der Waals surface area contributed by atoms with Gasteiger partial charge in [0.15, 0.2) is 0 Å². The maximum absolute atomic E-state index is 12.7. The van der Waals surface area contributed by atoms with Crippen molar-refractivity contribution in [3.63, 3.8) is 0 Å². The molecular formula is C15H11BrN2OS. The van der Waals surface area contributed by atoms with E-state index in [0.29, 0.717) is 5.71 Å².